The zero-order valence-corrected chi connectivity index (χ0v) is 15.8. The van der Waals surface area contributed by atoms with E-state index >= 15 is 0 Å². The van der Waals surface area contributed by atoms with Gasteiger partial charge in [-0.3, -0.25) is 0 Å². The molecule has 0 aromatic heterocycles. The summed E-state index contributed by atoms with van der Waals surface area (Å²) in [5, 5.41) is 3.51. The van der Waals surface area contributed by atoms with Gasteiger partial charge in [-0.1, -0.05) is 39.0 Å². The molecule has 1 rings (SSSR count). The predicted octanol–water partition coefficient (Wildman–Crippen LogP) is 5.31. The molecule has 0 saturated heterocycles. The second-order valence-corrected chi connectivity index (χ2v) is 6.34. The third-order valence-corrected chi connectivity index (χ3v) is 4.20. The zero-order valence-electron chi connectivity index (χ0n) is 14.2. The highest BCUT2D eigenvalue weighted by molar-refractivity contribution is 9.10. The van der Waals surface area contributed by atoms with Crippen LogP contribution in [0.2, 0.25) is 0 Å². The molecule has 126 valence electrons. The standard InChI is InChI=1S/C18H30BrNO2/c1-4-6-7-8-9-10-11-20-14-15-12-16(19)18(22-5-2)17(13-15)21-3/h12-13,20H,4-11,14H2,1-3H3. The number of unbranched alkanes of at least 4 members (excludes halogenated alkanes) is 5. The molecule has 0 aliphatic carbocycles. The van der Waals surface area contributed by atoms with Crippen molar-refractivity contribution < 1.29 is 9.47 Å². The van der Waals surface area contributed by atoms with Crippen LogP contribution < -0.4 is 14.8 Å². The molecular formula is C18H30BrNO2. The summed E-state index contributed by atoms with van der Waals surface area (Å²) >= 11 is 3.56. The average molecular weight is 372 g/mol. The molecule has 0 heterocycles. The summed E-state index contributed by atoms with van der Waals surface area (Å²) in [7, 11) is 1.68. The number of ether oxygens (including phenoxy) is 2. The largest absolute Gasteiger partial charge is 0.493 e. The van der Waals surface area contributed by atoms with Crippen LogP contribution >= 0.6 is 15.9 Å². The van der Waals surface area contributed by atoms with Crippen LogP contribution in [0.4, 0.5) is 0 Å². The Morgan fingerprint density at radius 3 is 2.45 bits per heavy atom. The summed E-state index contributed by atoms with van der Waals surface area (Å²) in [5.41, 5.74) is 1.21. The van der Waals surface area contributed by atoms with Crippen LogP contribution in [0, 0.1) is 0 Å². The van der Waals surface area contributed by atoms with Crippen LogP contribution in [0.15, 0.2) is 16.6 Å². The van der Waals surface area contributed by atoms with Crippen molar-refractivity contribution in [1.82, 2.24) is 5.32 Å². The molecule has 4 heteroatoms. The Morgan fingerprint density at radius 2 is 1.77 bits per heavy atom. The Hall–Kier alpha value is -0.740. The Bertz CT molecular complexity index is 424. The fourth-order valence-corrected chi connectivity index (χ4v) is 3.03. The van der Waals surface area contributed by atoms with Crippen molar-refractivity contribution in [3.05, 3.63) is 22.2 Å². The molecule has 0 fully saturated rings. The molecule has 1 aromatic carbocycles. The van der Waals surface area contributed by atoms with E-state index in [2.05, 4.69) is 34.2 Å². The van der Waals surface area contributed by atoms with Crippen LogP contribution in [0.3, 0.4) is 0 Å². The van der Waals surface area contributed by atoms with Crippen LogP contribution in [0.1, 0.15) is 57.9 Å². The molecule has 0 amide bonds. The van der Waals surface area contributed by atoms with Crippen LogP contribution in [0.5, 0.6) is 11.5 Å². The molecule has 0 radical (unpaired) electrons. The topological polar surface area (TPSA) is 30.5 Å². The SMILES string of the molecule is CCCCCCCCNCc1cc(Br)c(OCC)c(OC)c1. The summed E-state index contributed by atoms with van der Waals surface area (Å²) in [6, 6.07) is 4.14. The summed E-state index contributed by atoms with van der Waals surface area (Å²) in [5.74, 6) is 1.57. The van der Waals surface area contributed by atoms with Crippen molar-refractivity contribution in [2.75, 3.05) is 20.3 Å². The monoisotopic (exact) mass is 371 g/mol. The van der Waals surface area contributed by atoms with Gasteiger partial charge in [-0.05, 0) is 53.5 Å². The molecule has 1 N–H and O–H groups in total. The van der Waals surface area contributed by atoms with Crippen LogP contribution in [-0.2, 0) is 6.54 Å². The Morgan fingerprint density at radius 1 is 1.05 bits per heavy atom. The molecule has 0 bridgehead atoms. The smallest absolute Gasteiger partial charge is 0.175 e. The van der Waals surface area contributed by atoms with Gasteiger partial charge in [-0.15, -0.1) is 0 Å². The molecule has 1 aromatic rings. The van der Waals surface area contributed by atoms with E-state index in [0.717, 1.165) is 29.1 Å². The van der Waals surface area contributed by atoms with Gasteiger partial charge in [0.25, 0.3) is 0 Å². The number of rotatable bonds is 12. The summed E-state index contributed by atoms with van der Waals surface area (Å²) in [6.07, 6.45) is 7.99. The van der Waals surface area contributed by atoms with E-state index in [1.165, 1.54) is 44.1 Å². The summed E-state index contributed by atoms with van der Waals surface area (Å²) in [6.45, 7) is 6.78. The van der Waals surface area contributed by atoms with E-state index < -0.39 is 0 Å². The lowest BCUT2D eigenvalue weighted by Crippen LogP contribution is -2.14. The third-order valence-electron chi connectivity index (χ3n) is 3.61. The molecule has 0 aliphatic heterocycles. The van der Waals surface area contributed by atoms with Gasteiger partial charge in [0, 0.05) is 6.54 Å². The second-order valence-electron chi connectivity index (χ2n) is 5.49. The minimum atomic E-state index is 0.630. The fourth-order valence-electron chi connectivity index (χ4n) is 2.42. The van der Waals surface area contributed by atoms with Gasteiger partial charge in [0.15, 0.2) is 11.5 Å². The van der Waals surface area contributed by atoms with E-state index in [4.69, 9.17) is 9.47 Å². The lowest BCUT2D eigenvalue weighted by Gasteiger charge is -2.13. The first-order valence-corrected chi connectivity index (χ1v) is 9.22. The quantitative estimate of drug-likeness (QED) is 0.505. The Labute approximate surface area is 143 Å². The second kappa shape index (κ2) is 11.8. The number of hydrogen-bond donors (Lipinski definition) is 1. The number of hydrogen-bond acceptors (Lipinski definition) is 3. The first-order chi connectivity index (χ1) is 10.7. The maximum absolute atomic E-state index is 5.61. The lowest BCUT2D eigenvalue weighted by molar-refractivity contribution is 0.308. The molecule has 0 saturated carbocycles. The molecule has 3 nitrogen and oxygen atoms in total. The highest BCUT2D eigenvalue weighted by Crippen LogP contribution is 2.36. The van der Waals surface area contributed by atoms with Gasteiger partial charge in [0.1, 0.15) is 0 Å². The van der Waals surface area contributed by atoms with Crippen LogP contribution in [0.25, 0.3) is 0 Å². The fraction of sp³-hybridized carbons (Fsp3) is 0.667. The number of benzene rings is 1. The Balaban J connectivity index is 2.35. The lowest BCUT2D eigenvalue weighted by atomic mass is 10.1. The van der Waals surface area contributed by atoms with E-state index in [1.807, 2.05) is 13.0 Å². The molecule has 0 unspecified atom stereocenters. The third kappa shape index (κ3) is 7.01. The molecule has 0 aliphatic rings. The van der Waals surface area contributed by atoms with Gasteiger partial charge in [0.05, 0.1) is 18.2 Å². The first kappa shape index (κ1) is 19.3. The summed E-state index contributed by atoms with van der Waals surface area (Å²) < 4.78 is 12.0. The van der Waals surface area contributed by atoms with Crippen molar-refractivity contribution in [3.8, 4) is 11.5 Å². The van der Waals surface area contributed by atoms with E-state index in [1.54, 1.807) is 7.11 Å². The van der Waals surface area contributed by atoms with E-state index in [0.29, 0.717) is 6.61 Å². The number of methoxy groups -OCH3 is 1. The number of halogens is 1. The summed E-state index contributed by atoms with van der Waals surface area (Å²) in [4.78, 5) is 0. The van der Waals surface area contributed by atoms with Crippen molar-refractivity contribution in [2.24, 2.45) is 0 Å². The van der Waals surface area contributed by atoms with Crippen molar-refractivity contribution in [1.29, 1.82) is 0 Å². The molecule has 22 heavy (non-hydrogen) atoms. The normalized spacial score (nSPS) is 10.7. The van der Waals surface area contributed by atoms with Crippen molar-refractivity contribution in [2.45, 2.75) is 58.9 Å². The Kier molecular flexibility index (Phi) is 10.3. The van der Waals surface area contributed by atoms with Crippen molar-refractivity contribution in [3.63, 3.8) is 0 Å². The molecule has 0 atom stereocenters. The maximum atomic E-state index is 5.61. The van der Waals surface area contributed by atoms with Gasteiger partial charge in [0.2, 0.25) is 0 Å². The van der Waals surface area contributed by atoms with Crippen LogP contribution in [-0.4, -0.2) is 20.3 Å². The zero-order chi connectivity index (χ0) is 16.2. The average Bonchev–Trinajstić information content (AvgIpc) is 2.52. The number of nitrogens with one attached hydrogen (secondary N) is 1. The minimum absolute atomic E-state index is 0.630. The highest BCUT2D eigenvalue weighted by atomic mass is 79.9. The molecular weight excluding hydrogens is 342 g/mol. The van der Waals surface area contributed by atoms with Gasteiger partial charge in [-0.2, -0.15) is 0 Å². The van der Waals surface area contributed by atoms with E-state index in [9.17, 15) is 0 Å². The highest BCUT2D eigenvalue weighted by Gasteiger charge is 2.10. The van der Waals surface area contributed by atoms with Crippen molar-refractivity contribution >= 4 is 15.9 Å². The van der Waals surface area contributed by atoms with E-state index in [-0.39, 0.29) is 0 Å². The van der Waals surface area contributed by atoms with Gasteiger partial charge in [-0.25, -0.2) is 0 Å². The predicted molar refractivity (Wildman–Crippen MR) is 96.9 cm³/mol. The first-order valence-electron chi connectivity index (χ1n) is 8.42. The van der Waals surface area contributed by atoms with Gasteiger partial charge < -0.3 is 14.8 Å². The maximum Gasteiger partial charge on any atom is 0.175 e. The molecule has 0 spiro atoms. The minimum Gasteiger partial charge on any atom is -0.493 e. The van der Waals surface area contributed by atoms with Gasteiger partial charge >= 0.3 is 0 Å².